The summed E-state index contributed by atoms with van der Waals surface area (Å²) in [7, 11) is 0. The molecule has 0 saturated heterocycles. The number of aromatic nitrogens is 2. The maximum absolute atomic E-state index is 10.9. The van der Waals surface area contributed by atoms with E-state index in [-0.39, 0.29) is 22.5 Å². The molecule has 0 atom stereocenters. The average molecular weight is 256 g/mol. The van der Waals surface area contributed by atoms with Crippen molar-refractivity contribution >= 4 is 17.3 Å². The Morgan fingerprint density at radius 3 is 2.59 bits per heavy atom. The van der Waals surface area contributed by atoms with Crippen LogP contribution in [-0.4, -0.2) is 20.5 Å². The maximum Gasteiger partial charge on any atom is 0.352 e. The number of terminal acetylenes is 1. The highest BCUT2D eigenvalue weighted by molar-refractivity contribution is 6.28. The molecule has 0 aromatic carbocycles. The smallest absolute Gasteiger partial charge is 0.352 e. The molecule has 1 rings (SSSR count). The number of rotatable bonds is 3. The SMILES string of the molecule is C#CC(C)(C)Oc1nc(Cl)nc(C)c1[N+](=O)[O-]. The summed E-state index contributed by atoms with van der Waals surface area (Å²) >= 11 is 5.62. The monoisotopic (exact) mass is 255 g/mol. The van der Waals surface area contributed by atoms with Crippen molar-refractivity contribution in [2.45, 2.75) is 26.4 Å². The number of nitrogens with zero attached hydrogens (tertiary/aromatic N) is 3. The molecule has 0 unspecified atom stereocenters. The van der Waals surface area contributed by atoms with Crippen LogP contribution in [-0.2, 0) is 0 Å². The minimum atomic E-state index is -1.02. The van der Waals surface area contributed by atoms with Crippen LogP contribution in [0.4, 0.5) is 5.69 Å². The van der Waals surface area contributed by atoms with Crippen LogP contribution in [0.25, 0.3) is 0 Å². The average Bonchev–Trinajstić information content (AvgIpc) is 2.14. The van der Waals surface area contributed by atoms with Gasteiger partial charge in [-0.3, -0.25) is 10.1 Å². The minimum Gasteiger partial charge on any atom is -0.453 e. The van der Waals surface area contributed by atoms with Crippen LogP contribution in [0.2, 0.25) is 5.28 Å². The Labute approximate surface area is 103 Å². The molecular formula is C10H10ClN3O3. The standard InChI is InChI=1S/C10H10ClN3O3/c1-5-10(3,4)17-8-7(14(15)16)6(2)12-9(11)13-8/h1H,2-4H3. The molecule has 0 aliphatic carbocycles. The van der Waals surface area contributed by atoms with Gasteiger partial charge in [-0.2, -0.15) is 4.98 Å². The van der Waals surface area contributed by atoms with Gasteiger partial charge in [0, 0.05) is 0 Å². The van der Waals surface area contributed by atoms with E-state index in [1.807, 2.05) is 0 Å². The molecule has 0 radical (unpaired) electrons. The molecule has 17 heavy (non-hydrogen) atoms. The molecule has 0 saturated carbocycles. The van der Waals surface area contributed by atoms with Gasteiger partial charge in [0.2, 0.25) is 5.28 Å². The molecule has 0 spiro atoms. The lowest BCUT2D eigenvalue weighted by atomic mass is 10.1. The van der Waals surface area contributed by atoms with Crippen molar-refractivity contribution in [2.75, 3.05) is 0 Å². The minimum absolute atomic E-state index is 0.123. The van der Waals surface area contributed by atoms with Crippen molar-refractivity contribution in [1.82, 2.24) is 9.97 Å². The summed E-state index contributed by atoms with van der Waals surface area (Å²) in [6.07, 6.45) is 5.24. The molecule has 0 fully saturated rings. The Morgan fingerprint density at radius 2 is 2.12 bits per heavy atom. The van der Waals surface area contributed by atoms with Crippen molar-refractivity contribution in [2.24, 2.45) is 0 Å². The summed E-state index contributed by atoms with van der Waals surface area (Å²) in [5.41, 5.74) is -1.23. The highest BCUT2D eigenvalue weighted by Gasteiger charge is 2.28. The quantitative estimate of drug-likeness (QED) is 0.358. The number of ether oxygens (including phenoxy) is 1. The van der Waals surface area contributed by atoms with Gasteiger partial charge in [-0.25, -0.2) is 4.98 Å². The van der Waals surface area contributed by atoms with Gasteiger partial charge < -0.3 is 4.74 Å². The van der Waals surface area contributed by atoms with Gasteiger partial charge in [-0.05, 0) is 32.4 Å². The molecule has 1 aromatic heterocycles. The van der Waals surface area contributed by atoms with Gasteiger partial charge in [-0.1, -0.05) is 5.92 Å². The lowest BCUT2D eigenvalue weighted by Gasteiger charge is -2.19. The molecule has 0 N–H and O–H groups in total. The summed E-state index contributed by atoms with van der Waals surface area (Å²) < 4.78 is 5.29. The second-order valence-corrected chi connectivity index (χ2v) is 4.08. The predicted molar refractivity (Wildman–Crippen MR) is 62.0 cm³/mol. The summed E-state index contributed by atoms with van der Waals surface area (Å²) in [6, 6.07) is 0. The third kappa shape index (κ3) is 3.04. The van der Waals surface area contributed by atoms with Crippen LogP contribution in [0.1, 0.15) is 19.5 Å². The Balaban J connectivity index is 3.32. The van der Waals surface area contributed by atoms with Crippen LogP contribution in [0.3, 0.4) is 0 Å². The predicted octanol–water partition coefficient (Wildman–Crippen LogP) is 2.14. The third-order valence-electron chi connectivity index (χ3n) is 1.88. The second kappa shape index (κ2) is 4.55. The largest absolute Gasteiger partial charge is 0.453 e. The van der Waals surface area contributed by atoms with Crippen molar-refractivity contribution < 1.29 is 9.66 Å². The first-order chi connectivity index (χ1) is 7.76. The van der Waals surface area contributed by atoms with E-state index in [1.54, 1.807) is 13.8 Å². The zero-order valence-electron chi connectivity index (χ0n) is 9.52. The maximum atomic E-state index is 10.9. The van der Waals surface area contributed by atoms with Crippen LogP contribution in [0.5, 0.6) is 5.88 Å². The van der Waals surface area contributed by atoms with Crippen LogP contribution in [0, 0.1) is 29.4 Å². The summed E-state index contributed by atoms with van der Waals surface area (Å²) in [5, 5.41) is 10.8. The zero-order chi connectivity index (χ0) is 13.2. The van der Waals surface area contributed by atoms with E-state index in [9.17, 15) is 10.1 Å². The second-order valence-electron chi connectivity index (χ2n) is 3.75. The van der Waals surface area contributed by atoms with Crippen LogP contribution in [0.15, 0.2) is 0 Å². The number of hydrogen-bond acceptors (Lipinski definition) is 5. The molecule has 0 amide bonds. The van der Waals surface area contributed by atoms with E-state index in [0.29, 0.717) is 0 Å². The molecule has 0 aliphatic rings. The van der Waals surface area contributed by atoms with E-state index >= 15 is 0 Å². The number of nitro groups is 1. The summed E-state index contributed by atoms with van der Waals surface area (Å²) in [4.78, 5) is 17.6. The summed E-state index contributed by atoms with van der Waals surface area (Å²) in [5.74, 6) is 2.12. The van der Waals surface area contributed by atoms with E-state index in [1.165, 1.54) is 6.92 Å². The van der Waals surface area contributed by atoms with Gasteiger partial charge in [-0.15, -0.1) is 6.42 Å². The Bertz CT molecular complexity index is 508. The van der Waals surface area contributed by atoms with Crippen molar-refractivity contribution in [1.29, 1.82) is 0 Å². The molecule has 7 heteroatoms. The van der Waals surface area contributed by atoms with Gasteiger partial charge in [0.15, 0.2) is 5.60 Å². The Morgan fingerprint density at radius 1 is 1.53 bits per heavy atom. The first-order valence-electron chi connectivity index (χ1n) is 4.62. The van der Waals surface area contributed by atoms with E-state index in [4.69, 9.17) is 22.8 Å². The normalized spacial score (nSPS) is 10.8. The first kappa shape index (κ1) is 13.2. The molecule has 0 bridgehead atoms. The van der Waals surface area contributed by atoms with Crippen LogP contribution < -0.4 is 4.74 Å². The molecule has 1 heterocycles. The van der Waals surface area contributed by atoms with Gasteiger partial charge in [0.1, 0.15) is 5.69 Å². The molecule has 1 aromatic rings. The van der Waals surface area contributed by atoms with Gasteiger partial charge in [0.25, 0.3) is 0 Å². The fourth-order valence-corrected chi connectivity index (χ4v) is 1.26. The lowest BCUT2D eigenvalue weighted by molar-refractivity contribution is -0.387. The highest BCUT2D eigenvalue weighted by Crippen LogP contribution is 2.30. The highest BCUT2D eigenvalue weighted by atomic mass is 35.5. The zero-order valence-corrected chi connectivity index (χ0v) is 10.3. The van der Waals surface area contributed by atoms with Gasteiger partial charge >= 0.3 is 11.6 Å². The third-order valence-corrected chi connectivity index (χ3v) is 2.05. The Hall–Kier alpha value is -1.87. The number of halogens is 1. The van der Waals surface area contributed by atoms with Crippen molar-refractivity contribution in [3.8, 4) is 18.2 Å². The van der Waals surface area contributed by atoms with Crippen molar-refractivity contribution in [3.63, 3.8) is 0 Å². The summed E-state index contributed by atoms with van der Waals surface area (Å²) in [6.45, 7) is 4.62. The topological polar surface area (TPSA) is 78.2 Å². The number of hydrogen-bond donors (Lipinski definition) is 0. The van der Waals surface area contributed by atoms with E-state index < -0.39 is 10.5 Å². The fraction of sp³-hybridized carbons (Fsp3) is 0.400. The van der Waals surface area contributed by atoms with E-state index in [0.717, 1.165) is 0 Å². The van der Waals surface area contributed by atoms with E-state index in [2.05, 4.69) is 15.9 Å². The van der Waals surface area contributed by atoms with Gasteiger partial charge in [0.05, 0.1) is 4.92 Å². The Kier molecular flexibility index (Phi) is 3.53. The molecule has 90 valence electrons. The number of aryl methyl sites for hydroxylation is 1. The molecule has 6 nitrogen and oxygen atoms in total. The van der Waals surface area contributed by atoms with Crippen LogP contribution >= 0.6 is 11.6 Å². The fourth-order valence-electron chi connectivity index (χ4n) is 1.06. The van der Waals surface area contributed by atoms with Crippen molar-refractivity contribution in [3.05, 3.63) is 21.1 Å². The first-order valence-corrected chi connectivity index (χ1v) is 5.00. The molecular weight excluding hydrogens is 246 g/mol. The lowest BCUT2D eigenvalue weighted by Crippen LogP contribution is -2.26. The molecule has 0 aliphatic heterocycles.